The summed E-state index contributed by atoms with van der Waals surface area (Å²) < 4.78 is 9.11. The molecule has 0 N–H and O–H groups in total. The van der Waals surface area contributed by atoms with Gasteiger partial charge in [0, 0.05) is 187 Å². The topological polar surface area (TPSA) is 155 Å². The Bertz CT molecular complexity index is 10000. The van der Waals surface area contributed by atoms with Crippen molar-refractivity contribution in [2.24, 2.45) is 0 Å². The third-order valence-electron chi connectivity index (χ3n) is 27.8. The van der Waals surface area contributed by atoms with E-state index in [1.54, 1.807) is 0 Å². The van der Waals surface area contributed by atoms with Crippen LogP contribution in [0.3, 0.4) is 0 Å². The highest BCUT2D eigenvalue weighted by Gasteiger charge is 2.28. The fourth-order valence-corrected chi connectivity index (χ4v) is 23.0. The van der Waals surface area contributed by atoms with Crippen molar-refractivity contribution in [3.63, 3.8) is 0 Å². The molecule has 0 spiro atoms. The second-order valence-electron chi connectivity index (χ2n) is 35.4. The van der Waals surface area contributed by atoms with Gasteiger partial charge in [-0.25, -0.2) is 29.9 Å². The molecule has 0 amide bonds. The molecule has 140 heavy (non-hydrogen) atoms. The molecule has 0 saturated carbocycles. The van der Waals surface area contributed by atoms with E-state index in [0.717, 1.165) is 230 Å². The highest BCUT2D eigenvalue weighted by molar-refractivity contribution is 7.26. The van der Waals surface area contributed by atoms with E-state index < -0.39 is 0 Å². The molecule has 0 fully saturated rings. The Morgan fingerprint density at radius 3 is 0.964 bits per heavy atom. The smallest absolute Gasteiger partial charge is 0.164 e. The van der Waals surface area contributed by atoms with Crippen molar-refractivity contribution in [3.8, 4) is 90.2 Å². The molecule has 0 bridgehead atoms. The normalized spacial score (nSPS) is 11.9. The molecule has 11 aromatic heterocycles. The average molecular weight is 1800 g/mol. The number of pyridine rings is 8. The van der Waals surface area contributed by atoms with Gasteiger partial charge in [0.15, 0.2) is 17.5 Å². The largest absolute Gasteiger partial charge is 0.455 e. The van der Waals surface area contributed by atoms with Crippen LogP contribution in [-0.4, -0.2) is 54.8 Å². The summed E-state index contributed by atoms with van der Waals surface area (Å²) in [6, 6.07) is 144. The summed E-state index contributed by atoms with van der Waals surface area (Å²) in [7, 11) is 0. The lowest BCUT2D eigenvalue weighted by molar-refractivity contribution is 0.670. The Hall–Kier alpha value is -18.7. The molecular weight excluding hydrogens is 1730 g/mol. The number of para-hydroxylation sites is 5. The number of nitrogens with zero attached hydrogens (tertiary/aromatic N) is 11. The second-order valence-corrected chi connectivity index (χ2v) is 36.5. The molecule has 0 aliphatic rings. The summed E-state index contributed by atoms with van der Waals surface area (Å²) >= 11 is 1.87. The lowest BCUT2D eigenvalue weighted by atomic mass is 9.89. The van der Waals surface area contributed by atoms with Gasteiger partial charge in [-0.15, -0.1) is 11.3 Å². The van der Waals surface area contributed by atoms with Crippen LogP contribution >= 0.6 is 11.3 Å². The number of benzene rings is 19. The van der Waals surface area contributed by atoms with Crippen molar-refractivity contribution >= 4 is 216 Å². The molecule has 0 aliphatic heterocycles. The van der Waals surface area contributed by atoms with Gasteiger partial charge in [0.25, 0.3) is 0 Å². The van der Waals surface area contributed by atoms with Gasteiger partial charge in [0.2, 0.25) is 0 Å². The van der Waals surface area contributed by atoms with Crippen molar-refractivity contribution in [3.05, 3.63) is 443 Å². The van der Waals surface area contributed by atoms with Gasteiger partial charge < -0.3 is 4.42 Å². The minimum atomic E-state index is 0.624. The van der Waals surface area contributed by atoms with Gasteiger partial charge in [-0.1, -0.05) is 346 Å². The summed E-state index contributed by atoms with van der Waals surface area (Å²) in [5, 5.41) is 29.5. The van der Waals surface area contributed by atoms with Gasteiger partial charge in [-0.2, -0.15) is 0 Å². The van der Waals surface area contributed by atoms with Crippen LogP contribution in [0, 0.1) is 0 Å². The maximum Gasteiger partial charge on any atom is 0.164 e. The standard InChI is InChI=1S/C45H27N5.C41H23N3O.C41H23N3S/c1-3-14-28(15-4-1)43-48-44(29-16-5-2-6-17-29)50-45(49-43)35-26-25-34(30-18-7-8-19-31(30)35)42-40-32-20-9-10-21-33(32)41-37(23-13-27-46-41)39(40)36-22-11-12-24-38(36)47-42;2*1-2-11-25-24(10-1)26(29-14-7-15-30-27-12-4-6-19-35(27)45-41(29)30)20-21-28(25)38-37-33-17-9-23-43-40(33)39-32(16-8-22-42-39)36(37)31-13-3-5-18-34(31)44-38/h1-27H;2*1-23H. The number of furan rings is 1. The summed E-state index contributed by atoms with van der Waals surface area (Å²) in [6.07, 6.45) is 9.29. The highest BCUT2D eigenvalue weighted by atomic mass is 32.1. The minimum absolute atomic E-state index is 0.624. The van der Waals surface area contributed by atoms with Crippen LogP contribution in [0.1, 0.15) is 0 Å². The van der Waals surface area contributed by atoms with Crippen molar-refractivity contribution in [2.45, 2.75) is 0 Å². The maximum atomic E-state index is 6.47. The molecule has 0 unspecified atom stereocenters. The minimum Gasteiger partial charge on any atom is -0.455 e. The fraction of sp³-hybridized carbons (Fsp3) is 0. The Labute approximate surface area is 803 Å². The van der Waals surface area contributed by atoms with Gasteiger partial charge in [-0.05, 0) is 116 Å². The predicted octanol–water partition coefficient (Wildman–Crippen LogP) is 33.3. The highest BCUT2D eigenvalue weighted by Crippen LogP contribution is 2.52. The van der Waals surface area contributed by atoms with E-state index in [-0.39, 0.29) is 0 Å². The monoisotopic (exact) mass is 1800 g/mol. The summed E-state index contributed by atoms with van der Waals surface area (Å²) in [6.45, 7) is 0. The number of thiophene rings is 1. The van der Waals surface area contributed by atoms with E-state index in [9.17, 15) is 0 Å². The van der Waals surface area contributed by atoms with Crippen LogP contribution in [0.5, 0.6) is 0 Å². The lowest BCUT2D eigenvalue weighted by Gasteiger charge is -2.17. The molecule has 648 valence electrons. The van der Waals surface area contributed by atoms with Gasteiger partial charge >= 0.3 is 0 Å². The van der Waals surface area contributed by atoms with Crippen LogP contribution in [0.2, 0.25) is 0 Å². The Morgan fingerprint density at radius 2 is 0.486 bits per heavy atom. The van der Waals surface area contributed by atoms with Crippen LogP contribution in [0.4, 0.5) is 0 Å². The van der Waals surface area contributed by atoms with E-state index in [1.165, 1.54) is 47.5 Å². The molecule has 0 radical (unpaired) electrons. The molecule has 30 aromatic rings. The SMILES string of the molecule is c1ccc(-c2nc(-c3ccccc3)nc(-c3ccc(-c4nc5ccccc5c5c6cccnc6c6ccccc6c45)c4ccccc34)n2)cc1.c1ccc2c(c1)nc(-c1ccc(-c3cccc4c3oc3ccccc34)c3ccccc13)c1c3cccnc3c3ncccc3c21.c1ccc2c(c1)nc(-c1ccc(-c3cccc4c3sc3ccccc34)c3ccccc13)c1c3cccnc3c3ncccc3c21. The van der Waals surface area contributed by atoms with Crippen molar-refractivity contribution < 1.29 is 4.42 Å². The molecule has 13 heteroatoms. The van der Waals surface area contributed by atoms with E-state index in [4.69, 9.17) is 59.2 Å². The van der Waals surface area contributed by atoms with Gasteiger partial charge in [0.1, 0.15) is 11.2 Å². The molecule has 0 saturated heterocycles. The first-order valence-corrected chi connectivity index (χ1v) is 47.7. The second kappa shape index (κ2) is 32.6. The third-order valence-corrected chi connectivity index (χ3v) is 29.0. The molecule has 19 aromatic carbocycles. The first kappa shape index (κ1) is 79.8. The maximum absolute atomic E-state index is 6.47. The van der Waals surface area contributed by atoms with E-state index in [0.29, 0.717) is 17.5 Å². The number of hydrogen-bond donors (Lipinski definition) is 0. The zero-order valence-electron chi connectivity index (χ0n) is 74.9. The van der Waals surface area contributed by atoms with Gasteiger partial charge in [0.05, 0.1) is 61.2 Å². The van der Waals surface area contributed by atoms with Crippen molar-refractivity contribution in [1.82, 2.24) is 54.8 Å². The first-order valence-electron chi connectivity index (χ1n) is 46.9. The number of aromatic nitrogens is 11. The average Bonchev–Trinajstić information content (AvgIpc) is 1.69. The lowest BCUT2D eigenvalue weighted by Crippen LogP contribution is -2.01. The Kier molecular flexibility index (Phi) is 18.6. The number of fused-ring (bicyclic) bond motifs is 33. The van der Waals surface area contributed by atoms with Crippen molar-refractivity contribution in [1.29, 1.82) is 0 Å². The number of rotatable bonds is 8. The molecule has 0 atom stereocenters. The fourth-order valence-electron chi connectivity index (χ4n) is 21.8. The van der Waals surface area contributed by atoms with Crippen LogP contribution < -0.4 is 0 Å². The molecule has 30 rings (SSSR count). The summed E-state index contributed by atoms with van der Waals surface area (Å²) in [5.74, 6) is 1.90. The third kappa shape index (κ3) is 12.7. The zero-order chi connectivity index (χ0) is 92.0. The molecule has 12 nitrogen and oxygen atoms in total. The first-order chi connectivity index (χ1) is 69.5. The van der Waals surface area contributed by atoms with Crippen molar-refractivity contribution in [2.75, 3.05) is 0 Å². The quantitative estimate of drug-likeness (QED) is 0.133. The van der Waals surface area contributed by atoms with E-state index in [1.807, 2.05) is 145 Å². The van der Waals surface area contributed by atoms with E-state index >= 15 is 0 Å². The zero-order valence-corrected chi connectivity index (χ0v) is 75.7. The Balaban J connectivity index is 0.000000103. The van der Waals surface area contributed by atoms with Crippen LogP contribution in [0.25, 0.3) is 295 Å². The molecule has 11 heterocycles. The Morgan fingerprint density at radius 1 is 0.171 bits per heavy atom. The molecular formula is C127H73N11OS. The summed E-state index contributed by atoms with van der Waals surface area (Å²) in [5.41, 5.74) is 22.9. The van der Waals surface area contributed by atoms with Crippen LogP contribution in [0.15, 0.2) is 448 Å². The summed E-state index contributed by atoms with van der Waals surface area (Å²) in [4.78, 5) is 55.5. The van der Waals surface area contributed by atoms with E-state index in [2.05, 4.69) is 309 Å². The van der Waals surface area contributed by atoms with Crippen LogP contribution in [-0.2, 0) is 0 Å². The molecule has 0 aliphatic carbocycles. The van der Waals surface area contributed by atoms with Gasteiger partial charge in [-0.3, -0.25) is 24.9 Å². The predicted molar refractivity (Wildman–Crippen MR) is 581 cm³/mol. The number of hydrogen-bond acceptors (Lipinski definition) is 13.